The monoisotopic (exact) mass is 210 g/mol. The van der Waals surface area contributed by atoms with Crippen LogP contribution in [0.2, 0.25) is 0 Å². The summed E-state index contributed by atoms with van der Waals surface area (Å²) in [5.41, 5.74) is 0.384. The molecular formula is C11H11FO3. The zero-order valence-corrected chi connectivity index (χ0v) is 8.27. The second kappa shape index (κ2) is 5.24. The van der Waals surface area contributed by atoms with E-state index in [9.17, 15) is 14.1 Å². The Morgan fingerprint density at radius 1 is 1.33 bits per heavy atom. The molecule has 1 aromatic carbocycles. The molecule has 1 atom stereocenters. The third kappa shape index (κ3) is 2.62. The summed E-state index contributed by atoms with van der Waals surface area (Å²) in [6.07, 6.45) is 0.219. The zero-order chi connectivity index (χ0) is 11.3. The number of carbonyl (C=O) groups is 2. The van der Waals surface area contributed by atoms with Gasteiger partial charge in [-0.3, -0.25) is 9.74 Å². The van der Waals surface area contributed by atoms with Gasteiger partial charge in [0.25, 0.3) is 0 Å². The predicted molar refractivity (Wildman–Crippen MR) is 51.8 cm³/mol. The maximum Gasteiger partial charge on any atom is 0.359 e. The van der Waals surface area contributed by atoms with Gasteiger partial charge in [0.2, 0.25) is 0 Å². The highest BCUT2D eigenvalue weighted by atomic mass is 19.3. The molecule has 0 N–H and O–H groups in total. The van der Waals surface area contributed by atoms with Crippen molar-refractivity contribution in [3.8, 4) is 0 Å². The van der Waals surface area contributed by atoms with Gasteiger partial charge in [0, 0.05) is 10.1 Å². The summed E-state index contributed by atoms with van der Waals surface area (Å²) in [5.74, 6) is -2.61. The van der Waals surface area contributed by atoms with Gasteiger partial charge in [0.15, 0.2) is 5.78 Å². The highest BCUT2D eigenvalue weighted by Gasteiger charge is 2.27. The Morgan fingerprint density at radius 3 is 2.40 bits per heavy atom. The first-order valence-corrected chi connectivity index (χ1v) is 4.62. The molecule has 0 spiro atoms. The molecule has 4 heteroatoms. The summed E-state index contributed by atoms with van der Waals surface area (Å²) in [6.45, 7) is 1.63. The standard InChI is InChI=1S/C11H11FO3/c1-2-9(11(14)15-12)10(13)8-6-4-3-5-7-8/h3-7,9H,2H2,1H3. The molecule has 0 aliphatic heterocycles. The van der Waals surface area contributed by atoms with Crippen molar-refractivity contribution in [1.29, 1.82) is 0 Å². The lowest BCUT2D eigenvalue weighted by atomic mass is 9.95. The molecule has 0 heterocycles. The van der Waals surface area contributed by atoms with E-state index in [0.717, 1.165) is 0 Å². The molecule has 0 aliphatic rings. The van der Waals surface area contributed by atoms with Gasteiger partial charge >= 0.3 is 5.97 Å². The molecule has 0 saturated heterocycles. The van der Waals surface area contributed by atoms with Gasteiger partial charge in [-0.05, 0) is 6.42 Å². The summed E-state index contributed by atoms with van der Waals surface area (Å²) in [4.78, 5) is 25.7. The Labute approximate surface area is 86.8 Å². The van der Waals surface area contributed by atoms with Crippen molar-refractivity contribution in [1.82, 2.24) is 0 Å². The smallest absolute Gasteiger partial charge is 0.293 e. The average molecular weight is 210 g/mol. The van der Waals surface area contributed by atoms with Gasteiger partial charge in [0.1, 0.15) is 5.92 Å². The van der Waals surface area contributed by atoms with E-state index in [-0.39, 0.29) is 6.42 Å². The van der Waals surface area contributed by atoms with E-state index in [1.54, 1.807) is 37.3 Å². The van der Waals surface area contributed by atoms with Crippen LogP contribution in [0.15, 0.2) is 30.3 Å². The van der Waals surface area contributed by atoms with E-state index in [0.29, 0.717) is 5.56 Å². The minimum atomic E-state index is -1.13. The van der Waals surface area contributed by atoms with Gasteiger partial charge < -0.3 is 0 Å². The van der Waals surface area contributed by atoms with E-state index in [4.69, 9.17) is 0 Å². The lowest BCUT2D eigenvalue weighted by Crippen LogP contribution is -2.23. The van der Waals surface area contributed by atoms with Crippen LogP contribution in [-0.4, -0.2) is 11.8 Å². The van der Waals surface area contributed by atoms with Crippen LogP contribution in [0, 0.1) is 5.92 Å². The van der Waals surface area contributed by atoms with Crippen LogP contribution in [0.25, 0.3) is 0 Å². The Hall–Kier alpha value is -1.71. The SMILES string of the molecule is CCC(C(=O)OF)C(=O)c1ccccc1. The van der Waals surface area contributed by atoms with Gasteiger partial charge in [-0.15, -0.1) is 0 Å². The molecule has 80 valence electrons. The van der Waals surface area contributed by atoms with Crippen molar-refractivity contribution >= 4 is 11.8 Å². The molecular weight excluding hydrogens is 199 g/mol. The predicted octanol–water partition coefficient (Wildman–Crippen LogP) is 2.32. The van der Waals surface area contributed by atoms with Crippen LogP contribution in [0.3, 0.4) is 0 Å². The quantitative estimate of drug-likeness (QED) is 0.565. The van der Waals surface area contributed by atoms with Crippen LogP contribution in [0.5, 0.6) is 0 Å². The number of carbonyl (C=O) groups excluding carboxylic acids is 2. The maximum atomic E-state index is 11.7. The molecule has 15 heavy (non-hydrogen) atoms. The number of Topliss-reactive ketones (excluding diaryl/α,β-unsaturated/α-hetero) is 1. The first-order valence-electron chi connectivity index (χ1n) is 4.62. The number of hydrogen-bond acceptors (Lipinski definition) is 3. The van der Waals surface area contributed by atoms with E-state index in [1.165, 1.54) is 0 Å². The minimum absolute atomic E-state index is 0.219. The fourth-order valence-electron chi connectivity index (χ4n) is 1.32. The van der Waals surface area contributed by atoms with Crippen molar-refractivity contribution in [3.63, 3.8) is 0 Å². The average Bonchev–Trinajstić information content (AvgIpc) is 2.30. The Balaban J connectivity index is 2.87. The highest BCUT2D eigenvalue weighted by Crippen LogP contribution is 2.14. The van der Waals surface area contributed by atoms with Crippen molar-refractivity contribution in [2.45, 2.75) is 13.3 Å². The number of halogens is 1. The van der Waals surface area contributed by atoms with Crippen LogP contribution in [0.4, 0.5) is 4.53 Å². The van der Waals surface area contributed by atoms with Gasteiger partial charge in [0.05, 0.1) is 0 Å². The molecule has 1 unspecified atom stereocenters. The second-order valence-electron chi connectivity index (χ2n) is 3.09. The van der Waals surface area contributed by atoms with E-state index >= 15 is 0 Å². The van der Waals surface area contributed by atoms with Crippen LogP contribution in [-0.2, 0) is 9.74 Å². The lowest BCUT2D eigenvalue weighted by molar-refractivity contribution is -0.187. The fourth-order valence-corrected chi connectivity index (χ4v) is 1.32. The number of ketones is 1. The Morgan fingerprint density at radius 2 is 1.93 bits per heavy atom. The summed E-state index contributed by atoms with van der Waals surface area (Å²) >= 11 is 0. The molecule has 0 aliphatic carbocycles. The van der Waals surface area contributed by atoms with Crippen molar-refractivity contribution in [2.75, 3.05) is 0 Å². The maximum absolute atomic E-state index is 11.7. The first-order chi connectivity index (χ1) is 7.20. The zero-order valence-electron chi connectivity index (χ0n) is 8.27. The molecule has 0 saturated carbocycles. The number of benzene rings is 1. The number of hydrogen-bond donors (Lipinski definition) is 0. The van der Waals surface area contributed by atoms with Crippen molar-refractivity contribution in [2.24, 2.45) is 5.92 Å². The van der Waals surface area contributed by atoms with Gasteiger partial charge in [-0.1, -0.05) is 37.3 Å². The molecule has 0 fully saturated rings. The summed E-state index contributed by atoms with van der Waals surface area (Å²) in [7, 11) is 0. The van der Waals surface area contributed by atoms with Gasteiger partial charge in [-0.25, -0.2) is 4.79 Å². The van der Waals surface area contributed by atoms with E-state index in [1.807, 2.05) is 0 Å². The molecule has 0 radical (unpaired) electrons. The van der Waals surface area contributed by atoms with Crippen LogP contribution >= 0.6 is 0 Å². The molecule has 0 bridgehead atoms. The van der Waals surface area contributed by atoms with Crippen LogP contribution < -0.4 is 0 Å². The van der Waals surface area contributed by atoms with Crippen molar-refractivity contribution < 1.29 is 19.1 Å². The van der Waals surface area contributed by atoms with Gasteiger partial charge in [-0.2, -0.15) is 0 Å². The Bertz CT molecular complexity index is 348. The molecule has 3 nitrogen and oxygen atoms in total. The van der Waals surface area contributed by atoms with Crippen LogP contribution in [0.1, 0.15) is 23.7 Å². The van der Waals surface area contributed by atoms with E-state index in [2.05, 4.69) is 4.94 Å². The second-order valence-corrected chi connectivity index (χ2v) is 3.09. The molecule has 1 rings (SSSR count). The number of rotatable bonds is 4. The summed E-state index contributed by atoms with van der Waals surface area (Å²) < 4.78 is 11.7. The highest BCUT2D eigenvalue weighted by molar-refractivity contribution is 6.08. The largest absolute Gasteiger partial charge is 0.359 e. The molecule has 1 aromatic rings. The normalized spacial score (nSPS) is 11.9. The Kier molecular flexibility index (Phi) is 3.97. The third-order valence-electron chi connectivity index (χ3n) is 2.14. The lowest BCUT2D eigenvalue weighted by Gasteiger charge is -2.08. The minimum Gasteiger partial charge on any atom is -0.293 e. The summed E-state index contributed by atoms with van der Waals surface area (Å²) in [6, 6.07) is 8.28. The molecule has 0 amide bonds. The third-order valence-corrected chi connectivity index (χ3v) is 2.14. The summed E-state index contributed by atoms with van der Waals surface area (Å²) in [5, 5.41) is 0. The van der Waals surface area contributed by atoms with E-state index < -0.39 is 17.7 Å². The first kappa shape index (κ1) is 11.4. The van der Waals surface area contributed by atoms with Crippen molar-refractivity contribution in [3.05, 3.63) is 35.9 Å². The molecule has 0 aromatic heterocycles. The topological polar surface area (TPSA) is 43.4 Å². The fraction of sp³-hybridized carbons (Fsp3) is 0.273.